The number of aliphatic hydroxyl groups excluding tert-OH is 1. The van der Waals surface area contributed by atoms with Crippen molar-refractivity contribution < 1.29 is 9.84 Å². The van der Waals surface area contributed by atoms with Crippen LogP contribution in [-0.2, 0) is 6.42 Å². The van der Waals surface area contributed by atoms with Crippen molar-refractivity contribution in [3.63, 3.8) is 0 Å². The van der Waals surface area contributed by atoms with Crippen LogP contribution in [0.5, 0.6) is 5.75 Å². The summed E-state index contributed by atoms with van der Waals surface area (Å²) >= 11 is 8.47. The fourth-order valence-electron chi connectivity index (χ4n) is 1.66. The Labute approximate surface area is 127 Å². The minimum Gasteiger partial charge on any atom is -0.497 e. The number of hydrogen-bond acceptors (Lipinski definition) is 3. The fraction of sp³-hybridized carbons (Fsp3) is 0.231. The van der Waals surface area contributed by atoms with E-state index in [0.29, 0.717) is 6.42 Å². The van der Waals surface area contributed by atoms with E-state index >= 15 is 0 Å². The molecule has 18 heavy (non-hydrogen) atoms. The molecule has 0 aliphatic carbocycles. The van der Waals surface area contributed by atoms with Gasteiger partial charge in [-0.15, -0.1) is 11.3 Å². The molecule has 5 heteroatoms. The van der Waals surface area contributed by atoms with E-state index in [1.54, 1.807) is 18.4 Å². The standard InChI is InChI=1S/C13H12Br2O2S/c1-17-10-2-3-11(14)8(4-10)5-12(16)9-6-13(15)18-7-9/h2-4,6-7,12,16H,5H2,1H3. The number of halogens is 2. The maximum atomic E-state index is 10.2. The van der Waals surface area contributed by atoms with Crippen molar-refractivity contribution in [3.05, 3.63) is 49.0 Å². The number of rotatable bonds is 4. The predicted molar refractivity (Wildman–Crippen MR) is 81.4 cm³/mol. The summed E-state index contributed by atoms with van der Waals surface area (Å²) in [6, 6.07) is 7.71. The lowest BCUT2D eigenvalue weighted by Crippen LogP contribution is -2.01. The van der Waals surface area contributed by atoms with Gasteiger partial charge in [-0.3, -0.25) is 0 Å². The second-order valence-electron chi connectivity index (χ2n) is 3.86. The van der Waals surface area contributed by atoms with E-state index in [1.165, 1.54) is 0 Å². The highest BCUT2D eigenvalue weighted by Gasteiger charge is 2.13. The Morgan fingerprint density at radius 2 is 2.11 bits per heavy atom. The lowest BCUT2D eigenvalue weighted by molar-refractivity contribution is 0.178. The Bertz CT molecular complexity index is 540. The summed E-state index contributed by atoms with van der Waals surface area (Å²) in [6.45, 7) is 0. The molecule has 0 spiro atoms. The number of thiophene rings is 1. The van der Waals surface area contributed by atoms with Crippen LogP contribution in [0, 0.1) is 0 Å². The van der Waals surface area contributed by atoms with Gasteiger partial charge in [0.15, 0.2) is 0 Å². The summed E-state index contributed by atoms with van der Waals surface area (Å²) in [5.74, 6) is 0.798. The monoisotopic (exact) mass is 390 g/mol. The smallest absolute Gasteiger partial charge is 0.119 e. The van der Waals surface area contributed by atoms with E-state index in [9.17, 15) is 5.11 Å². The Morgan fingerprint density at radius 3 is 2.72 bits per heavy atom. The van der Waals surface area contributed by atoms with Crippen molar-refractivity contribution in [2.45, 2.75) is 12.5 Å². The van der Waals surface area contributed by atoms with Gasteiger partial charge in [0.1, 0.15) is 5.75 Å². The molecule has 0 bridgehead atoms. The first-order chi connectivity index (χ1) is 8.60. The van der Waals surface area contributed by atoms with E-state index in [4.69, 9.17) is 4.74 Å². The van der Waals surface area contributed by atoms with Crippen LogP contribution < -0.4 is 4.74 Å². The highest BCUT2D eigenvalue weighted by atomic mass is 79.9. The van der Waals surface area contributed by atoms with E-state index in [2.05, 4.69) is 31.9 Å². The Balaban J connectivity index is 2.18. The predicted octanol–water partition coefficient (Wildman–Crippen LogP) is 4.56. The van der Waals surface area contributed by atoms with Crippen molar-refractivity contribution in [1.29, 1.82) is 0 Å². The maximum Gasteiger partial charge on any atom is 0.119 e. The molecule has 2 nitrogen and oxygen atoms in total. The highest BCUT2D eigenvalue weighted by Crippen LogP contribution is 2.30. The molecular formula is C13H12Br2O2S. The van der Waals surface area contributed by atoms with E-state index in [-0.39, 0.29) is 0 Å². The zero-order valence-electron chi connectivity index (χ0n) is 9.69. The molecule has 1 atom stereocenters. The normalized spacial score (nSPS) is 12.4. The molecule has 96 valence electrons. The molecule has 1 heterocycles. The molecule has 0 aliphatic heterocycles. The molecule has 0 radical (unpaired) electrons. The molecular weight excluding hydrogens is 380 g/mol. The summed E-state index contributed by atoms with van der Waals surface area (Å²) in [6.07, 6.45) is 0.0528. The van der Waals surface area contributed by atoms with Crippen LogP contribution >= 0.6 is 43.2 Å². The fourth-order valence-corrected chi connectivity index (χ4v) is 3.29. The lowest BCUT2D eigenvalue weighted by Gasteiger charge is -2.11. The van der Waals surface area contributed by atoms with Gasteiger partial charge in [-0.05, 0) is 56.7 Å². The molecule has 1 aromatic carbocycles. The van der Waals surface area contributed by atoms with Crippen LogP contribution in [0.3, 0.4) is 0 Å². The third-order valence-electron chi connectivity index (χ3n) is 2.64. The minimum absolute atomic E-state index is 0.504. The average molecular weight is 392 g/mol. The van der Waals surface area contributed by atoms with Gasteiger partial charge in [0.05, 0.1) is 17.0 Å². The summed E-state index contributed by atoms with van der Waals surface area (Å²) < 4.78 is 7.21. The number of hydrogen-bond donors (Lipinski definition) is 1. The zero-order valence-corrected chi connectivity index (χ0v) is 13.7. The summed E-state index contributed by atoms with van der Waals surface area (Å²) in [5, 5.41) is 12.2. The van der Waals surface area contributed by atoms with Crippen LogP contribution in [0.2, 0.25) is 0 Å². The number of aliphatic hydroxyl groups is 1. The van der Waals surface area contributed by atoms with Crippen LogP contribution in [0.4, 0.5) is 0 Å². The average Bonchev–Trinajstić information content (AvgIpc) is 2.79. The highest BCUT2D eigenvalue weighted by molar-refractivity contribution is 9.11. The molecule has 0 saturated heterocycles. The van der Waals surface area contributed by atoms with Crippen LogP contribution in [0.25, 0.3) is 0 Å². The van der Waals surface area contributed by atoms with Gasteiger partial charge < -0.3 is 9.84 Å². The van der Waals surface area contributed by atoms with Crippen LogP contribution in [0.15, 0.2) is 37.9 Å². The van der Waals surface area contributed by atoms with Crippen molar-refractivity contribution in [1.82, 2.24) is 0 Å². The van der Waals surface area contributed by atoms with E-state index in [1.807, 2.05) is 29.6 Å². The van der Waals surface area contributed by atoms with Crippen molar-refractivity contribution >= 4 is 43.2 Å². The lowest BCUT2D eigenvalue weighted by atomic mass is 10.0. The number of methoxy groups -OCH3 is 1. The molecule has 1 aromatic heterocycles. The van der Waals surface area contributed by atoms with Gasteiger partial charge in [-0.25, -0.2) is 0 Å². The minimum atomic E-state index is -0.504. The Kier molecular flexibility index (Phi) is 4.84. The third kappa shape index (κ3) is 3.35. The first kappa shape index (κ1) is 14.1. The van der Waals surface area contributed by atoms with Gasteiger partial charge in [0.25, 0.3) is 0 Å². The second-order valence-corrected chi connectivity index (χ2v) is 7.01. The zero-order chi connectivity index (χ0) is 13.1. The molecule has 1 N–H and O–H groups in total. The van der Waals surface area contributed by atoms with Crippen molar-refractivity contribution in [2.24, 2.45) is 0 Å². The second kappa shape index (κ2) is 6.19. The SMILES string of the molecule is COc1ccc(Br)c(CC(O)c2csc(Br)c2)c1. The summed E-state index contributed by atoms with van der Waals surface area (Å²) in [5.41, 5.74) is 1.96. The maximum absolute atomic E-state index is 10.2. The number of ether oxygens (including phenoxy) is 1. The first-order valence-electron chi connectivity index (χ1n) is 5.34. The Hall–Kier alpha value is -0.360. The van der Waals surface area contributed by atoms with Gasteiger partial charge in [-0.1, -0.05) is 15.9 Å². The van der Waals surface area contributed by atoms with E-state index in [0.717, 1.165) is 25.1 Å². The number of benzene rings is 1. The van der Waals surface area contributed by atoms with E-state index < -0.39 is 6.10 Å². The quantitative estimate of drug-likeness (QED) is 0.827. The molecule has 1 unspecified atom stereocenters. The molecule has 0 saturated carbocycles. The topological polar surface area (TPSA) is 29.5 Å². The van der Waals surface area contributed by atoms with Crippen molar-refractivity contribution in [3.8, 4) is 5.75 Å². The van der Waals surface area contributed by atoms with Crippen LogP contribution in [0.1, 0.15) is 17.2 Å². The molecule has 2 aromatic rings. The summed E-state index contributed by atoms with van der Waals surface area (Å²) in [7, 11) is 1.64. The summed E-state index contributed by atoms with van der Waals surface area (Å²) in [4.78, 5) is 0. The van der Waals surface area contributed by atoms with Crippen LogP contribution in [-0.4, -0.2) is 12.2 Å². The van der Waals surface area contributed by atoms with Gasteiger partial charge in [0.2, 0.25) is 0 Å². The van der Waals surface area contributed by atoms with Crippen molar-refractivity contribution in [2.75, 3.05) is 7.11 Å². The first-order valence-corrected chi connectivity index (χ1v) is 7.81. The molecule has 0 amide bonds. The van der Waals surface area contributed by atoms with Gasteiger partial charge in [-0.2, -0.15) is 0 Å². The molecule has 0 aliphatic rings. The largest absolute Gasteiger partial charge is 0.497 e. The third-order valence-corrected chi connectivity index (χ3v) is 4.93. The Morgan fingerprint density at radius 1 is 1.33 bits per heavy atom. The molecule has 0 fully saturated rings. The molecule has 2 rings (SSSR count). The van der Waals surface area contributed by atoms with Gasteiger partial charge in [0, 0.05) is 10.9 Å². The van der Waals surface area contributed by atoms with Gasteiger partial charge >= 0.3 is 0 Å².